The van der Waals surface area contributed by atoms with E-state index < -0.39 is 0 Å². The zero-order valence-electron chi connectivity index (χ0n) is 6.81. The average Bonchev–Trinajstić information content (AvgIpc) is 2.50. The summed E-state index contributed by atoms with van der Waals surface area (Å²) in [5, 5.41) is 3.50. The van der Waals surface area contributed by atoms with Gasteiger partial charge in [0.25, 0.3) is 0 Å². The van der Waals surface area contributed by atoms with Crippen molar-refractivity contribution in [2.45, 2.75) is 25.3 Å². The van der Waals surface area contributed by atoms with E-state index in [-0.39, 0.29) is 0 Å². The first-order valence-electron chi connectivity index (χ1n) is 4.18. The van der Waals surface area contributed by atoms with Crippen LogP contribution in [0.5, 0.6) is 0 Å². The molecule has 0 spiro atoms. The van der Waals surface area contributed by atoms with Gasteiger partial charge in [-0.05, 0) is 25.1 Å². The molecule has 0 bridgehead atoms. The van der Waals surface area contributed by atoms with E-state index in [9.17, 15) is 0 Å². The molecule has 1 N–H and O–H groups in total. The van der Waals surface area contributed by atoms with Crippen molar-refractivity contribution >= 4 is 11.8 Å². The maximum Gasteiger partial charge on any atom is 0.0166 e. The lowest BCUT2D eigenvalue weighted by Gasteiger charge is -2.09. The fourth-order valence-corrected chi connectivity index (χ4v) is 2.38. The average molecular weight is 169 g/mol. The third-order valence-corrected chi connectivity index (χ3v) is 3.02. The van der Waals surface area contributed by atoms with Crippen LogP contribution >= 0.6 is 11.8 Å². The van der Waals surface area contributed by atoms with Crippen LogP contribution in [0.4, 0.5) is 0 Å². The molecule has 1 rings (SSSR count). The molecule has 1 heterocycles. The minimum atomic E-state index is 0.762. The molecule has 0 aliphatic carbocycles. The quantitative estimate of drug-likeness (QED) is 0.505. The Morgan fingerprint density at radius 2 is 2.55 bits per heavy atom. The third-order valence-electron chi connectivity index (χ3n) is 1.86. The number of rotatable bonds is 4. The summed E-state index contributed by atoms with van der Waals surface area (Å²) in [5.74, 6) is 5.26. The summed E-state index contributed by atoms with van der Waals surface area (Å²) in [7, 11) is 0. The first-order chi connectivity index (χ1) is 5.43. The van der Waals surface area contributed by atoms with E-state index in [1.54, 1.807) is 0 Å². The van der Waals surface area contributed by atoms with Crippen LogP contribution in [-0.4, -0.2) is 24.1 Å². The van der Waals surface area contributed by atoms with Crippen molar-refractivity contribution in [3.05, 3.63) is 0 Å². The Hall–Kier alpha value is -0.130. The van der Waals surface area contributed by atoms with Crippen molar-refractivity contribution < 1.29 is 0 Å². The number of thioether (sulfide) groups is 1. The van der Waals surface area contributed by atoms with Gasteiger partial charge >= 0.3 is 0 Å². The molecule has 0 radical (unpaired) electrons. The zero-order valence-corrected chi connectivity index (χ0v) is 7.62. The van der Waals surface area contributed by atoms with Crippen LogP contribution in [0.2, 0.25) is 0 Å². The molecule has 1 unspecified atom stereocenters. The molecule has 1 nitrogen and oxygen atoms in total. The van der Waals surface area contributed by atoms with Gasteiger partial charge in [-0.3, -0.25) is 0 Å². The Morgan fingerprint density at radius 1 is 1.64 bits per heavy atom. The van der Waals surface area contributed by atoms with E-state index in [0.717, 1.165) is 25.4 Å². The molecule has 2 heteroatoms. The summed E-state index contributed by atoms with van der Waals surface area (Å²) < 4.78 is 0. The fraction of sp³-hybridized carbons (Fsp3) is 0.778. The highest BCUT2D eigenvalue weighted by Crippen LogP contribution is 2.16. The van der Waals surface area contributed by atoms with E-state index in [2.05, 4.69) is 11.2 Å². The standard InChI is InChI=1S/C9H15NS/c1-2-3-4-6-10-9-5-7-11-8-9/h1,9-10H,3-8H2. The summed E-state index contributed by atoms with van der Waals surface area (Å²) in [6, 6.07) is 0.762. The van der Waals surface area contributed by atoms with Gasteiger partial charge in [-0.25, -0.2) is 0 Å². The molecule has 0 aromatic heterocycles. The largest absolute Gasteiger partial charge is 0.313 e. The summed E-state index contributed by atoms with van der Waals surface area (Å²) in [4.78, 5) is 0. The molecule has 0 amide bonds. The fourth-order valence-electron chi connectivity index (χ4n) is 1.19. The third kappa shape index (κ3) is 3.69. The lowest BCUT2D eigenvalue weighted by atomic mass is 10.2. The first-order valence-corrected chi connectivity index (χ1v) is 5.33. The normalized spacial score (nSPS) is 23.4. The molecule has 1 aliphatic rings. The van der Waals surface area contributed by atoms with Crippen LogP contribution < -0.4 is 5.32 Å². The zero-order chi connectivity index (χ0) is 7.94. The lowest BCUT2D eigenvalue weighted by Crippen LogP contribution is -2.29. The van der Waals surface area contributed by atoms with Crippen LogP contribution in [0, 0.1) is 12.3 Å². The van der Waals surface area contributed by atoms with Crippen LogP contribution in [-0.2, 0) is 0 Å². The van der Waals surface area contributed by atoms with Crippen molar-refractivity contribution in [2.24, 2.45) is 0 Å². The SMILES string of the molecule is C#CCCCNC1CCSC1. The molecule has 1 aliphatic heterocycles. The maximum absolute atomic E-state index is 5.14. The second-order valence-corrected chi connectivity index (χ2v) is 3.97. The number of unbranched alkanes of at least 4 members (excludes halogenated alkanes) is 1. The van der Waals surface area contributed by atoms with E-state index in [1.807, 2.05) is 11.8 Å². The van der Waals surface area contributed by atoms with Crippen molar-refractivity contribution in [1.29, 1.82) is 0 Å². The molecule has 1 saturated heterocycles. The molecule has 1 atom stereocenters. The Labute approximate surface area is 73.3 Å². The number of nitrogens with one attached hydrogen (secondary N) is 1. The van der Waals surface area contributed by atoms with Gasteiger partial charge in [0.05, 0.1) is 0 Å². The first kappa shape index (κ1) is 8.96. The monoisotopic (exact) mass is 169 g/mol. The number of terminal acetylenes is 1. The van der Waals surface area contributed by atoms with Gasteiger partial charge in [-0.1, -0.05) is 0 Å². The second kappa shape index (κ2) is 5.51. The number of hydrogen-bond donors (Lipinski definition) is 1. The molecule has 0 aromatic carbocycles. The molecule has 1 fully saturated rings. The van der Waals surface area contributed by atoms with Crippen molar-refractivity contribution in [1.82, 2.24) is 5.32 Å². The van der Waals surface area contributed by atoms with Crippen molar-refractivity contribution in [3.8, 4) is 12.3 Å². The topological polar surface area (TPSA) is 12.0 Å². The van der Waals surface area contributed by atoms with Crippen molar-refractivity contribution in [2.75, 3.05) is 18.1 Å². The minimum absolute atomic E-state index is 0.762. The summed E-state index contributed by atoms with van der Waals surface area (Å²) in [5.41, 5.74) is 0. The molecule has 0 aromatic rings. The van der Waals surface area contributed by atoms with Gasteiger partial charge < -0.3 is 5.32 Å². The second-order valence-electron chi connectivity index (χ2n) is 2.82. The Bertz CT molecular complexity index is 133. The molecule has 62 valence electrons. The van der Waals surface area contributed by atoms with E-state index in [1.165, 1.54) is 17.9 Å². The highest BCUT2D eigenvalue weighted by molar-refractivity contribution is 7.99. The van der Waals surface area contributed by atoms with E-state index in [4.69, 9.17) is 6.42 Å². The van der Waals surface area contributed by atoms with Gasteiger partial charge in [0.1, 0.15) is 0 Å². The number of hydrogen-bond acceptors (Lipinski definition) is 2. The highest BCUT2D eigenvalue weighted by Gasteiger charge is 2.13. The Kier molecular flexibility index (Phi) is 4.49. The van der Waals surface area contributed by atoms with Gasteiger partial charge in [0, 0.05) is 18.2 Å². The smallest absolute Gasteiger partial charge is 0.0166 e. The molecular formula is C9H15NS. The van der Waals surface area contributed by atoms with Gasteiger partial charge in [0.2, 0.25) is 0 Å². The van der Waals surface area contributed by atoms with Crippen LogP contribution in [0.15, 0.2) is 0 Å². The van der Waals surface area contributed by atoms with E-state index in [0.29, 0.717) is 0 Å². The summed E-state index contributed by atoms with van der Waals surface area (Å²) in [6.07, 6.45) is 8.51. The van der Waals surface area contributed by atoms with Gasteiger partial charge in [0.15, 0.2) is 0 Å². The highest BCUT2D eigenvalue weighted by atomic mass is 32.2. The van der Waals surface area contributed by atoms with E-state index >= 15 is 0 Å². The van der Waals surface area contributed by atoms with Crippen molar-refractivity contribution in [3.63, 3.8) is 0 Å². The van der Waals surface area contributed by atoms with Gasteiger partial charge in [-0.15, -0.1) is 12.3 Å². The lowest BCUT2D eigenvalue weighted by molar-refractivity contribution is 0.548. The maximum atomic E-state index is 5.14. The predicted octanol–water partition coefficient (Wildman–Crippen LogP) is 1.49. The minimum Gasteiger partial charge on any atom is -0.313 e. The molecular weight excluding hydrogens is 154 g/mol. The Morgan fingerprint density at radius 3 is 3.18 bits per heavy atom. The summed E-state index contributed by atoms with van der Waals surface area (Å²) in [6.45, 7) is 1.09. The van der Waals surface area contributed by atoms with Crippen LogP contribution in [0.1, 0.15) is 19.3 Å². The molecule has 11 heavy (non-hydrogen) atoms. The van der Waals surface area contributed by atoms with Gasteiger partial charge in [-0.2, -0.15) is 11.8 Å². The summed E-state index contributed by atoms with van der Waals surface area (Å²) >= 11 is 2.04. The predicted molar refractivity (Wildman–Crippen MR) is 51.8 cm³/mol. The van der Waals surface area contributed by atoms with Crippen LogP contribution in [0.25, 0.3) is 0 Å². The Balaban J connectivity index is 1.90. The molecule has 0 saturated carbocycles. The van der Waals surface area contributed by atoms with Crippen LogP contribution in [0.3, 0.4) is 0 Å².